The topological polar surface area (TPSA) is 67.5 Å². The molecule has 0 spiro atoms. The molecule has 0 aliphatic heterocycles. The second-order valence-corrected chi connectivity index (χ2v) is 2.44. The average Bonchev–Trinajstić information content (AvgIpc) is 2.16. The number of non-ortho nitro benzene ring substituents is 1. The van der Waals surface area contributed by atoms with E-state index in [1.54, 1.807) is 7.05 Å². The highest BCUT2D eigenvalue weighted by atomic mass is 19.1. The molecule has 0 bridgehead atoms. The summed E-state index contributed by atoms with van der Waals surface area (Å²) in [6.07, 6.45) is 1.18. The highest BCUT2D eigenvalue weighted by Gasteiger charge is 2.08. The van der Waals surface area contributed by atoms with Crippen LogP contribution in [-0.2, 0) is 0 Å². The number of halogens is 1. The van der Waals surface area contributed by atoms with Crippen LogP contribution in [0.15, 0.2) is 23.3 Å². The van der Waals surface area contributed by atoms with Gasteiger partial charge in [0.15, 0.2) is 0 Å². The lowest BCUT2D eigenvalue weighted by Gasteiger charge is -1.96. The molecule has 0 saturated carbocycles. The van der Waals surface area contributed by atoms with E-state index in [4.69, 9.17) is 0 Å². The smallest absolute Gasteiger partial charge is 0.270 e. The summed E-state index contributed by atoms with van der Waals surface area (Å²) in [5.74, 6) is -0.547. The minimum Gasteiger partial charge on any atom is -0.313 e. The van der Waals surface area contributed by atoms with Crippen LogP contribution in [0.5, 0.6) is 0 Å². The lowest BCUT2D eigenvalue weighted by molar-refractivity contribution is -0.384. The van der Waals surface area contributed by atoms with Crippen molar-refractivity contribution < 1.29 is 9.31 Å². The average molecular weight is 197 g/mol. The number of nitro groups is 1. The van der Waals surface area contributed by atoms with E-state index < -0.39 is 10.7 Å². The summed E-state index contributed by atoms with van der Waals surface area (Å²) in [6.45, 7) is 0. The van der Waals surface area contributed by atoms with Crippen LogP contribution in [0.25, 0.3) is 0 Å². The van der Waals surface area contributed by atoms with Crippen LogP contribution in [0.1, 0.15) is 5.56 Å². The minimum atomic E-state index is -0.587. The second-order valence-electron chi connectivity index (χ2n) is 2.44. The van der Waals surface area contributed by atoms with Crippen LogP contribution in [0.2, 0.25) is 0 Å². The van der Waals surface area contributed by atoms with Crippen molar-refractivity contribution >= 4 is 11.9 Å². The van der Waals surface area contributed by atoms with Gasteiger partial charge in [-0.25, -0.2) is 4.39 Å². The number of nitro benzene ring substituents is 1. The fourth-order valence-electron chi connectivity index (χ4n) is 0.878. The largest absolute Gasteiger partial charge is 0.313 e. The summed E-state index contributed by atoms with van der Waals surface area (Å²) in [5, 5.41) is 13.9. The number of benzene rings is 1. The Morgan fingerprint density at radius 1 is 1.64 bits per heavy atom. The Morgan fingerprint density at radius 2 is 2.36 bits per heavy atom. The molecule has 0 heterocycles. The van der Waals surface area contributed by atoms with Crippen LogP contribution < -0.4 is 5.43 Å². The molecule has 6 heteroatoms. The minimum absolute atomic E-state index is 0.0774. The van der Waals surface area contributed by atoms with Crippen molar-refractivity contribution in [2.24, 2.45) is 5.10 Å². The van der Waals surface area contributed by atoms with Gasteiger partial charge >= 0.3 is 0 Å². The van der Waals surface area contributed by atoms with Crippen LogP contribution >= 0.6 is 0 Å². The Morgan fingerprint density at radius 3 is 2.93 bits per heavy atom. The molecular formula is C8H8FN3O2. The van der Waals surface area contributed by atoms with Crippen molar-refractivity contribution in [1.82, 2.24) is 5.43 Å². The zero-order chi connectivity index (χ0) is 10.6. The molecule has 0 unspecified atom stereocenters. The Bertz CT molecular complexity index is 379. The highest BCUT2D eigenvalue weighted by molar-refractivity contribution is 5.80. The molecule has 74 valence electrons. The molecule has 0 amide bonds. The molecule has 0 aliphatic rings. The number of nitrogens with zero attached hydrogens (tertiary/aromatic N) is 2. The molecule has 0 fully saturated rings. The predicted octanol–water partition coefficient (Wildman–Crippen LogP) is 1.29. The van der Waals surface area contributed by atoms with Crippen molar-refractivity contribution in [3.8, 4) is 0 Å². The summed E-state index contributed by atoms with van der Waals surface area (Å²) in [5.41, 5.74) is 2.34. The summed E-state index contributed by atoms with van der Waals surface area (Å²) in [4.78, 5) is 9.77. The van der Waals surface area contributed by atoms with Gasteiger partial charge in [-0.05, 0) is 6.07 Å². The number of hydrogen-bond acceptors (Lipinski definition) is 4. The van der Waals surface area contributed by atoms with Crippen molar-refractivity contribution in [2.75, 3.05) is 7.05 Å². The van der Waals surface area contributed by atoms with Gasteiger partial charge < -0.3 is 5.43 Å². The third kappa shape index (κ3) is 2.25. The number of hydrazone groups is 1. The van der Waals surface area contributed by atoms with Gasteiger partial charge in [-0.2, -0.15) is 5.10 Å². The fraction of sp³-hybridized carbons (Fsp3) is 0.125. The highest BCUT2D eigenvalue weighted by Crippen LogP contribution is 2.14. The Kier molecular flexibility index (Phi) is 3.11. The Labute approximate surface area is 79.4 Å². The molecule has 1 aromatic rings. The second kappa shape index (κ2) is 4.31. The molecule has 1 aromatic carbocycles. The number of hydrogen-bond donors (Lipinski definition) is 1. The van der Waals surface area contributed by atoms with Gasteiger partial charge in [0.1, 0.15) is 5.82 Å². The number of nitrogens with one attached hydrogen (secondary N) is 1. The van der Waals surface area contributed by atoms with Crippen molar-refractivity contribution in [2.45, 2.75) is 0 Å². The van der Waals surface area contributed by atoms with Gasteiger partial charge in [0.05, 0.1) is 11.1 Å². The normalized spacial score (nSPS) is 10.4. The van der Waals surface area contributed by atoms with Gasteiger partial charge in [0, 0.05) is 24.7 Å². The van der Waals surface area contributed by atoms with E-state index in [1.807, 2.05) is 0 Å². The van der Waals surface area contributed by atoms with Crippen LogP contribution in [0.4, 0.5) is 10.1 Å². The van der Waals surface area contributed by atoms with Gasteiger partial charge in [-0.1, -0.05) is 0 Å². The van der Waals surface area contributed by atoms with E-state index in [1.165, 1.54) is 6.21 Å². The van der Waals surface area contributed by atoms with Gasteiger partial charge in [-0.3, -0.25) is 10.1 Å². The van der Waals surface area contributed by atoms with Crippen molar-refractivity contribution in [3.63, 3.8) is 0 Å². The third-order valence-corrected chi connectivity index (χ3v) is 1.52. The summed E-state index contributed by atoms with van der Waals surface area (Å²) in [7, 11) is 1.55. The standard InChI is InChI=1S/C8H8FN3O2/c1-10-11-5-6-4-7(12(13)14)2-3-8(6)9/h2-5,10H,1H3/b11-5+. The summed E-state index contributed by atoms with van der Waals surface area (Å²) in [6, 6.07) is 3.26. The monoisotopic (exact) mass is 197 g/mol. The first-order chi connectivity index (χ1) is 6.65. The third-order valence-electron chi connectivity index (χ3n) is 1.52. The molecule has 1 rings (SSSR count). The lowest BCUT2D eigenvalue weighted by atomic mass is 10.2. The number of rotatable bonds is 3. The Balaban J connectivity index is 3.08. The first kappa shape index (κ1) is 10.1. The molecule has 0 atom stereocenters. The Hall–Kier alpha value is -1.98. The van der Waals surface area contributed by atoms with Gasteiger partial charge in [-0.15, -0.1) is 0 Å². The van der Waals surface area contributed by atoms with Crippen LogP contribution in [-0.4, -0.2) is 18.2 Å². The SMILES string of the molecule is CN/N=C/c1cc([N+](=O)[O-])ccc1F. The molecule has 1 N–H and O–H groups in total. The van der Waals surface area contributed by atoms with E-state index in [0.717, 1.165) is 18.2 Å². The van der Waals surface area contributed by atoms with Crippen LogP contribution in [0.3, 0.4) is 0 Å². The van der Waals surface area contributed by atoms with E-state index in [-0.39, 0.29) is 11.3 Å². The molecule has 5 nitrogen and oxygen atoms in total. The van der Waals surface area contributed by atoms with Crippen molar-refractivity contribution in [3.05, 3.63) is 39.7 Å². The van der Waals surface area contributed by atoms with E-state index >= 15 is 0 Å². The van der Waals surface area contributed by atoms with Gasteiger partial charge in [0.2, 0.25) is 0 Å². The maximum absolute atomic E-state index is 13.0. The molecule has 14 heavy (non-hydrogen) atoms. The maximum atomic E-state index is 13.0. The van der Waals surface area contributed by atoms with Crippen molar-refractivity contribution in [1.29, 1.82) is 0 Å². The van der Waals surface area contributed by atoms with Gasteiger partial charge in [0.25, 0.3) is 5.69 Å². The quantitative estimate of drug-likeness (QED) is 0.451. The lowest BCUT2D eigenvalue weighted by Crippen LogP contribution is -1.98. The van der Waals surface area contributed by atoms with E-state index in [2.05, 4.69) is 10.5 Å². The zero-order valence-corrected chi connectivity index (χ0v) is 7.40. The summed E-state index contributed by atoms with van der Waals surface area (Å²) >= 11 is 0. The van der Waals surface area contributed by atoms with E-state index in [9.17, 15) is 14.5 Å². The first-order valence-corrected chi connectivity index (χ1v) is 3.79. The fourth-order valence-corrected chi connectivity index (χ4v) is 0.878. The molecule has 0 saturated heterocycles. The predicted molar refractivity (Wildman–Crippen MR) is 49.7 cm³/mol. The van der Waals surface area contributed by atoms with E-state index in [0.29, 0.717) is 0 Å². The molecule has 0 radical (unpaired) electrons. The molecule has 0 aliphatic carbocycles. The van der Waals surface area contributed by atoms with Crippen LogP contribution in [0, 0.1) is 15.9 Å². The zero-order valence-electron chi connectivity index (χ0n) is 7.40. The summed E-state index contributed by atoms with van der Waals surface area (Å²) < 4.78 is 13.0. The first-order valence-electron chi connectivity index (χ1n) is 3.79. The molecule has 0 aromatic heterocycles. The maximum Gasteiger partial charge on any atom is 0.270 e. The molecular weight excluding hydrogens is 189 g/mol.